The lowest BCUT2D eigenvalue weighted by Crippen LogP contribution is -2.36. The molecular weight excluding hydrogens is 238 g/mol. The topological polar surface area (TPSA) is 39.6 Å². The Morgan fingerprint density at radius 1 is 1.37 bits per heavy atom. The van der Waals surface area contributed by atoms with Gasteiger partial charge in [0.2, 0.25) is 0 Å². The molecule has 1 aliphatic rings. The number of aromatic nitrogens is 1. The van der Waals surface area contributed by atoms with Gasteiger partial charge < -0.3 is 14.9 Å². The predicted molar refractivity (Wildman–Crippen MR) is 78.4 cm³/mol. The average molecular weight is 263 g/mol. The SMILES string of the molecule is Cc1nc(N(C)CC2CCN(C)CC2)ccc1CO. The van der Waals surface area contributed by atoms with Gasteiger partial charge in [-0.2, -0.15) is 0 Å². The third-order valence-corrected chi connectivity index (χ3v) is 4.11. The molecule has 1 aromatic rings. The van der Waals surface area contributed by atoms with Crippen LogP contribution in [-0.2, 0) is 6.61 Å². The van der Waals surface area contributed by atoms with Crippen LogP contribution < -0.4 is 4.90 Å². The monoisotopic (exact) mass is 263 g/mol. The zero-order valence-electron chi connectivity index (χ0n) is 12.3. The first-order valence-electron chi connectivity index (χ1n) is 7.07. The minimum absolute atomic E-state index is 0.0672. The van der Waals surface area contributed by atoms with Crippen LogP contribution in [0, 0.1) is 12.8 Å². The minimum atomic E-state index is 0.0672. The molecular formula is C15H25N3O. The summed E-state index contributed by atoms with van der Waals surface area (Å²) in [5.41, 5.74) is 1.84. The van der Waals surface area contributed by atoms with Crippen molar-refractivity contribution in [3.63, 3.8) is 0 Å². The fraction of sp³-hybridized carbons (Fsp3) is 0.667. The second-order valence-electron chi connectivity index (χ2n) is 5.70. The van der Waals surface area contributed by atoms with Gasteiger partial charge >= 0.3 is 0 Å². The summed E-state index contributed by atoms with van der Waals surface area (Å²) in [6.07, 6.45) is 2.54. The van der Waals surface area contributed by atoms with Crippen molar-refractivity contribution in [1.29, 1.82) is 0 Å². The van der Waals surface area contributed by atoms with E-state index in [2.05, 4.69) is 28.9 Å². The number of aliphatic hydroxyl groups excluding tert-OH is 1. The highest BCUT2D eigenvalue weighted by atomic mass is 16.3. The first-order valence-corrected chi connectivity index (χ1v) is 7.07. The van der Waals surface area contributed by atoms with Crippen LogP contribution in [0.25, 0.3) is 0 Å². The Labute approximate surface area is 116 Å². The third-order valence-electron chi connectivity index (χ3n) is 4.11. The number of hydrogen-bond donors (Lipinski definition) is 1. The summed E-state index contributed by atoms with van der Waals surface area (Å²) in [5, 5.41) is 9.18. The van der Waals surface area contributed by atoms with E-state index in [4.69, 9.17) is 0 Å². The molecule has 106 valence electrons. The normalized spacial score (nSPS) is 17.7. The van der Waals surface area contributed by atoms with Gasteiger partial charge in [0, 0.05) is 19.3 Å². The molecule has 19 heavy (non-hydrogen) atoms. The summed E-state index contributed by atoms with van der Waals surface area (Å²) in [7, 11) is 4.30. The molecule has 0 unspecified atom stereocenters. The Morgan fingerprint density at radius 2 is 2.05 bits per heavy atom. The standard InChI is InChI=1S/C15H25N3O/c1-12-14(11-19)4-5-15(16-12)18(3)10-13-6-8-17(2)9-7-13/h4-5,13,19H,6-11H2,1-3H3. The van der Waals surface area contributed by atoms with E-state index in [0.717, 1.165) is 29.5 Å². The molecule has 0 aliphatic carbocycles. The molecule has 0 aromatic carbocycles. The van der Waals surface area contributed by atoms with Gasteiger partial charge in [-0.1, -0.05) is 6.07 Å². The van der Waals surface area contributed by atoms with Gasteiger partial charge in [0.05, 0.1) is 6.61 Å². The second kappa shape index (κ2) is 6.35. The van der Waals surface area contributed by atoms with Crippen LogP contribution in [-0.4, -0.2) is 48.7 Å². The molecule has 0 atom stereocenters. The van der Waals surface area contributed by atoms with Crippen molar-refractivity contribution in [1.82, 2.24) is 9.88 Å². The molecule has 1 fully saturated rings. The molecule has 2 heterocycles. The zero-order valence-corrected chi connectivity index (χ0v) is 12.3. The lowest BCUT2D eigenvalue weighted by atomic mass is 9.97. The van der Waals surface area contributed by atoms with Crippen molar-refractivity contribution in [3.05, 3.63) is 23.4 Å². The number of pyridine rings is 1. The summed E-state index contributed by atoms with van der Waals surface area (Å²) >= 11 is 0. The largest absolute Gasteiger partial charge is 0.392 e. The van der Waals surface area contributed by atoms with Crippen LogP contribution in [0.15, 0.2) is 12.1 Å². The van der Waals surface area contributed by atoms with Gasteiger partial charge in [-0.25, -0.2) is 4.98 Å². The Hall–Kier alpha value is -1.13. The summed E-state index contributed by atoms with van der Waals surface area (Å²) in [5.74, 6) is 1.77. The minimum Gasteiger partial charge on any atom is -0.392 e. The zero-order chi connectivity index (χ0) is 13.8. The molecule has 0 saturated carbocycles. The molecule has 0 amide bonds. The van der Waals surface area contributed by atoms with E-state index in [1.54, 1.807) is 0 Å². The maximum Gasteiger partial charge on any atom is 0.128 e. The Bertz CT molecular complexity index is 414. The molecule has 0 radical (unpaired) electrons. The van der Waals surface area contributed by atoms with Crippen LogP contribution in [0.2, 0.25) is 0 Å². The maximum atomic E-state index is 9.18. The molecule has 0 spiro atoms. The van der Waals surface area contributed by atoms with E-state index in [9.17, 15) is 5.11 Å². The van der Waals surface area contributed by atoms with Crippen molar-refractivity contribution in [3.8, 4) is 0 Å². The second-order valence-corrected chi connectivity index (χ2v) is 5.70. The van der Waals surface area contributed by atoms with Crippen LogP contribution in [0.4, 0.5) is 5.82 Å². The summed E-state index contributed by atoms with van der Waals surface area (Å²) in [4.78, 5) is 9.22. The average Bonchev–Trinajstić information content (AvgIpc) is 2.41. The van der Waals surface area contributed by atoms with Gasteiger partial charge in [0.15, 0.2) is 0 Å². The van der Waals surface area contributed by atoms with Gasteiger partial charge in [-0.3, -0.25) is 0 Å². The highest BCUT2D eigenvalue weighted by Crippen LogP contribution is 2.20. The number of aryl methyl sites for hydroxylation is 1. The number of piperidine rings is 1. The quantitative estimate of drug-likeness (QED) is 0.897. The molecule has 1 aromatic heterocycles. The Morgan fingerprint density at radius 3 is 2.63 bits per heavy atom. The van der Waals surface area contributed by atoms with Crippen molar-refractivity contribution < 1.29 is 5.11 Å². The molecule has 1 aliphatic heterocycles. The smallest absolute Gasteiger partial charge is 0.128 e. The van der Waals surface area contributed by atoms with E-state index in [0.29, 0.717) is 0 Å². The van der Waals surface area contributed by atoms with Crippen molar-refractivity contribution in [2.45, 2.75) is 26.4 Å². The fourth-order valence-electron chi connectivity index (χ4n) is 2.68. The number of anilines is 1. The van der Waals surface area contributed by atoms with Crippen LogP contribution in [0.3, 0.4) is 0 Å². The highest BCUT2D eigenvalue weighted by Gasteiger charge is 2.18. The number of likely N-dealkylation sites (tertiary alicyclic amines) is 1. The van der Waals surface area contributed by atoms with Gasteiger partial charge in [-0.15, -0.1) is 0 Å². The Kier molecular flexibility index (Phi) is 4.77. The van der Waals surface area contributed by atoms with Crippen molar-refractivity contribution in [2.75, 3.05) is 38.6 Å². The van der Waals surface area contributed by atoms with E-state index in [1.165, 1.54) is 25.9 Å². The van der Waals surface area contributed by atoms with Gasteiger partial charge in [0.1, 0.15) is 5.82 Å². The Balaban J connectivity index is 1.96. The van der Waals surface area contributed by atoms with E-state index < -0.39 is 0 Å². The first-order chi connectivity index (χ1) is 9.10. The maximum absolute atomic E-state index is 9.18. The van der Waals surface area contributed by atoms with Crippen LogP contribution >= 0.6 is 0 Å². The molecule has 4 nitrogen and oxygen atoms in total. The van der Waals surface area contributed by atoms with E-state index in [1.807, 2.05) is 19.1 Å². The van der Waals surface area contributed by atoms with E-state index >= 15 is 0 Å². The molecule has 2 rings (SSSR count). The lowest BCUT2D eigenvalue weighted by molar-refractivity contribution is 0.222. The van der Waals surface area contributed by atoms with Crippen LogP contribution in [0.5, 0.6) is 0 Å². The predicted octanol–water partition coefficient (Wildman–Crippen LogP) is 1.66. The summed E-state index contributed by atoms with van der Waals surface area (Å²) < 4.78 is 0. The molecule has 1 N–H and O–H groups in total. The highest BCUT2D eigenvalue weighted by molar-refractivity contribution is 5.40. The van der Waals surface area contributed by atoms with Crippen molar-refractivity contribution >= 4 is 5.82 Å². The number of rotatable bonds is 4. The first kappa shape index (κ1) is 14.3. The number of aliphatic hydroxyl groups is 1. The van der Waals surface area contributed by atoms with Crippen LogP contribution in [0.1, 0.15) is 24.1 Å². The number of nitrogens with zero attached hydrogens (tertiary/aromatic N) is 3. The molecule has 1 saturated heterocycles. The summed E-state index contributed by atoms with van der Waals surface area (Å²) in [6.45, 7) is 5.50. The van der Waals surface area contributed by atoms with Gasteiger partial charge in [-0.05, 0) is 57.5 Å². The molecule has 0 bridgehead atoms. The van der Waals surface area contributed by atoms with Gasteiger partial charge in [0.25, 0.3) is 0 Å². The molecule has 4 heteroatoms. The number of hydrogen-bond acceptors (Lipinski definition) is 4. The summed E-state index contributed by atoms with van der Waals surface area (Å²) in [6, 6.07) is 3.98. The lowest BCUT2D eigenvalue weighted by Gasteiger charge is -2.32. The van der Waals surface area contributed by atoms with Crippen molar-refractivity contribution in [2.24, 2.45) is 5.92 Å². The third kappa shape index (κ3) is 3.67. The van der Waals surface area contributed by atoms with E-state index in [-0.39, 0.29) is 6.61 Å². The fourth-order valence-corrected chi connectivity index (χ4v) is 2.68.